The average Bonchev–Trinajstić information content (AvgIpc) is 3.44. The van der Waals surface area contributed by atoms with Crippen molar-refractivity contribution in [2.45, 2.75) is 31.9 Å². The van der Waals surface area contributed by atoms with E-state index in [0.717, 1.165) is 17.9 Å². The van der Waals surface area contributed by atoms with Gasteiger partial charge in [0.25, 0.3) is 11.8 Å². The highest BCUT2D eigenvalue weighted by Crippen LogP contribution is 2.40. The van der Waals surface area contributed by atoms with E-state index >= 15 is 8.78 Å². The van der Waals surface area contributed by atoms with Gasteiger partial charge in [0.05, 0.1) is 6.54 Å². The smallest absolute Gasteiger partial charge is 0.320 e. The van der Waals surface area contributed by atoms with E-state index in [1.54, 1.807) is 30.0 Å². The lowest BCUT2D eigenvalue weighted by molar-refractivity contribution is -0.143. The van der Waals surface area contributed by atoms with Crippen molar-refractivity contribution < 1.29 is 38.0 Å². The van der Waals surface area contributed by atoms with Crippen molar-refractivity contribution in [3.8, 4) is 34.8 Å². The predicted molar refractivity (Wildman–Crippen MR) is 156 cm³/mol. The Morgan fingerprint density at radius 1 is 1.09 bits per heavy atom. The van der Waals surface area contributed by atoms with Crippen molar-refractivity contribution >= 4 is 17.6 Å². The second kappa shape index (κ2) is 12.7. The number of phenolic OH excluding ortho intramolecular Hbond substituents is 1. The number of carboxylic acid groups (broad SMARTS) is 1. The van der Waals surface area contributed by atoms with Crippen LogP contribution in [0.5, 0.6) is 34.8 Å². The minimum atomic E-state index is -1.28. The fourth-order valence-corrected chi connectivity index (χ4v) is 4.95. The third kappa shape index (κ3) is 6.49. The number of aliphatic carboxylic acids is 1. The largest absolute Gasteiger partial charge is 0.504 e. The Hall–Kier alpha value is -4.98. The van der Waals surface area contributed by atoms with Gasteiger partial charge in [-0.25, -0.2) is 0 Å². The molecule has 5 rings (SSSR count). The Balaban J connectivity index is 1.48. The molecule has 12 nitrogen and oxygen atoms in total. The zero-order chi connectivity index (χ0) is 31.5. The summed E-state index contributed by atoms with van der Waals surface area (Å²) < 4.78 is 48.9. The Bertz CT molecular complexity index is 1610. The number of hydrogen-bond acceptors (Lipinski definition) is 10. The van der Waals surface area contributed by atoms with Gasteiger partial charge in [-0.3, -0.25) is 20.1 Å². The number of likely N-dealkylation sites (N-methyl/N-ethyl adjacent to an activating group) is 1. The van der Waals surface area contributed by atoms with Crippen LogP contribution in [0.3, 0.4) is 0 Å². The first kappa shape index (κ1) is 30.5. The molecule has 0 bridgehead atoms. The van der Waals surface area contributed by atoms with Gasteiger partial charge in [-0.2, -0.15) is 13.8 Å². The molecule has 1 fully saturated rings. The van der Waals surface area contributed by atoms with Crippen LogP contribution in [0.15, 0.2) is 47.5 Å². The highest BCUT2D eigenvalue weighted by atomic mass is 19.1. The number of ether oxygens (including phenoxy) is 3. The quantitative estimate of drug-likeness (QED) is 0.195. The molecule has 44 heavy (non-hydrogen) atoms. The summed E-state index contributed by atoms with van der Waals surface area (Å²) in [6, 6.07) is 9.83. The monoisotopic (exact) mass is 610 g/mol. The molecule has 2 aliphatic rings. The second-order valence-corrected chi connectivity index (χ2v) is 10.5. The van der Waals surface area contributed by atoms with Crippen LogP contribution in [0, 0.1) is 17.0 Å². The molecule has 1 atom stereocenters. The fraction of sp³-hybridized carbons (Fsp3) is 0.333. The number of hydrogen-bond donors (Lipinski definition) is 4. The summed E-state index contributed by atoms with van der Waals surface area (Å²) in [5.41, 5.74) is 6.46. The lowest BCUT2D eigenvalue weighted by Crippen LogP contribution is -2.46. The number of amidine groups is 2. The van der Waals surface area contributed by atoms with Crippen LogP contribution in [0.25, 0.3) is 0 Å². The molecule has 14 heteroatoms. The summed E-state index contributed by atoms with van der Waals surface area (Å²) >= 11 is 0. The summed E-state index contributed by atoms with van der Waals surface area (Å²) in [4.78, 5) is 23.5. The molecule has 5 N–H and O–H groups in total. The number of nitrogens with zero attached hydrogens (tertiary/aromatic N) is 4. The van der Waals surface area contributed by atoms with Gasteiger partial charge in [-0.1, -0.05) is 12.1 Å². The van der Waals surface area contributed by atoms with Crippen LogP contribution < -0.4 is 19.9 Å². The molecule has 1 saturated heterocycles. The Morgan fingerprint density at radius 2 is 1.80 bits per heavy atom. The molecular weight excluding hydrogens is 578 g/mol. The van der Waals surface area contributed by atoms with E-state index in [9.17, 15) is 15.0 Å². The highest BCUT2D eigenvalue weighted by Gasteiger charge is 2.31. The van der Waals surface area contributed by atoms with Crippen molar-refractivity contribution in [1.29, 1.82) is 5.41 Å². The van der Waals surface area contributed by atoms with E-state index in [4.69, 9.17) is 25.4 Å². The van der Waals surface area contributed by atoms with Crippen LogP contribution in [0.2, 0.25) is 0 Å². The van der Waals surface area contributed by atoms with E-state index in [1.807, 2.05) is 18.0 Å². The Kier molecular flexibility index (Phi) is 8.81. The van der Waals surface area contributed by atoms with Gasteiger partial charge in [0.1, 0.15) is 29.6 Å². The maximum absolute atomic E-state index is 15.9. The van der Waals surface area contributed by atoms with E-state index < -0.39 is 53.0 Å². The van der Waals surface area contributed by atoms with Gasteiger partial charge >= 0.3 is 5.97 Å². The number of piperidine rings is 1. The van der Waals surface area contributed by atoms with Crippen LogP contribution in [-0.4, -0.2) is 88.0 Å². The van der Waals surface area contributed by atoms with Crippen LogP contribution in [0.1, 0.15) is 30.9 Å². The van der Waals surface area contributed by atoms with E-state index in [0.29, 0.717) is 32.5 Å². The molecular formula is C30H32F2N6O6. The van der Waals surface area contributed by atoms with Crippen molar-refractivity contribution in [3.63, 3.8) is 0 Å². The Morgan fingerprint density at radius 3 is 2.43 bits per heavy atom. The summed E-state index contributed by atoms with van der Waals surface area (Å²) in [5, 5.41) is 27.3. The number of likely N-dealkylation sites (tertiary alicyclic amines) is 1. The van der Waals surface area contributed by atoms with Gasteiger partial charge in [-0.15, -0.1) is 0 Å². The third-order valence-electron chi connectivity index (χ3n) is 7.49. The molecule has 0 saturated carbocycles. The molecule has 0 radical (unpaired) electrons. The third-order valence-corrected chi connectivity index (χ3v) is 7.49. The van der Waals surface area contributed by atoms with Crippen molar-refractivity contribution in [2.24, 2.45) is 10.7 Å². The van der Waals surface area contributed by atoms with Gasteiger partial charge < -0.3 is 35.1 Å². The number of halogens is 2. The van der Waals surface area contributed by atoms with E-state index in [1.165, 1.54) is 18.2 Å². The van der Waals surface area contributed by atoms with E-state index in [-0.39, 0.29) is 22.9 Å². The number of nitrogens with two attached hydrogens (primary N) is 1. The number of aromatic hydroxyl groups is 1. The predicted octanol–water partition coefficient (Wildman–Crippen LogP) is 3.94. The number of benzene rings is 2. The zero-order valence-electron chi connectivity index (χ0n) is 24.1. The number of nitrogen functional groups attached to an aromatic ring is 1. The number of pyridine rings is 1. The molecule has 0 amide bonds. The SMILES string of the molecule is CC(C(=O)O)N1CCC(Oc2c(F)c(Oc3cccc(C4=NCCN4C)c3)nc(Oc3cc(C(=N)N)ccc3O)c2F)CC1. The summed E-state index contributed by atoms with van der Waals surface area (Å²) in [7, 11) is 1.90. The summed E-state index contributed by atoms with van der Waals surface area (Å²) in [6.45, 7) is 3.65. The minimum Gasteiger partial charge on any atom is -0.504 e. The highest BCUT2D eigenvalue weighted by molar-refractivity contribution is 6.00. The van der Waals surface area contributed by atoms with Crippen molar-refractivity contribution in [2.75, 3.05) is 33.2 Å². The van der Waals surface area contributed by atoms with E-state index in [2.05, 4.69) is 9.98 Å². The van der Waals surface area contributed by atoms with Gasteiger partial charge in [0.2, 0.25) is 17.4 Å². The molecule has 1 unspecified atom stereocenters. The number of rotatable bonds is 10. The molecule has 232 valence electrons. The minimum absolute atomic E-state index is 0.187. The maximum Gasteiger partial charge on any atom is 0.320 e. The first-order valence-corrected chi connectivity index (χ1v) is 13.9. The lowest BCUT2D eigenvalue weighted by atomic mass is 10.1. The molecule has 1 aromatic heterocycles. The van der Waals surface area contributed by atoms with Crippen LogP contribution >= 0.6 is 0 Å². The number of phenols is 1. The topological polar surface area (TPSA) is 167 Å². The summed E-state index contributed by atoms with van der Waals surface area (Å²) in [6.07, 6.45) is -0.0257. The van der Waals surface area contributed by atoms with Gasteiger partial charge in [0, 0.05) is 37.8 Å². The van der Waals surface area contributed by atoms with Gasteiger partial charge in [0.15, 0.2) is 11.5 Å². The zero-order valence-corrected chi connectivity index (χ0v) is 24.1. The number of aromatic nitrogens is 1. The van der Waals surface area contributed by atoms with Gasteiger partial charge in [-0.05, 0) is 50.1 Å². The second-order valence-electron chi connectivity index (χ2n) is 10.5. The van der Waals surface area contributed by atoms with Crippen molar-refractivity contribution in [3.05, 3.63) is 65.2 Å². The van der Waals surface area contributed by atoms with Crippen LogP contribution in [-0.2, 0) is 4.79 Å². The first-order chi connectivity index (χ1) is 21.0. The number of nitrogens with one attached hydrogen (secondary N) is 1. The van der Waals surface area contributed by atoms with Crippen molar-refractivity contribution in [1.82, 2.24) is 14.8 Å². The number of carbonyl (C=O) groups is 1. The fourth-order valence-electron chi connectivity index (χ4n) is 4.95. The molecule has 2 aliphatic heterocycles. The normalized spacial score (nSPS) is 16.4. The molecule has 0 spiro atoms. The lowest BCUT2D eigenvalue weighted by Gasteiger charge is -2.34. The average molecular weight is 611 g/mol. The Labute approximate surface area is 251 Å². The maximum atomic E-state index is 15.9. The number of carboxylic acids is 1. The first-order valence-electron chi connectivity index (χ1n) is 13.9. The summed E-state index contributed by atoms with van der Waals surface area (Å²) in [5.74, 6) is -5.73. The van der Waals surface area contributed by atoms with Crippen LogP contribution in [0.4, 0.5) is 8.78 Å². The standard InChI is InChI=1S/C30H32F2N6O6/c1-16(30(40)41)38-11-8-19(9-12-38)42-25-23(31)28(43-20-5-3-4-18(14-20)27-35-10-13-37(27)2)36-29(24(25)32)44-22-15-17(26(33)34)6-7-21(22)39/h3-7,14-16,19,39H,8-13H2,1-2H3,(H3,33,34)(H,40,41). The molecule has 2 aromatic carbocycles. The number of aliphatic imine (C=N–C) groups is 1. The molecule has 0 aliphatic carbocycles. The molecule has 3 aromatic rings. The molecule has 3 heterocycles.